The summed E-state index contributed by atoms with van der Waals surface area (Å²) in [5, 5.41) is 12.0. The number of nitrogens with one attached hydrogen (secondary N) is 1. The molecule has 0 unspecified atom stereocenters. The molecule has 0 heterocycles. The van der Waals surface area contributed by atoms with Gasteiger partial charge in [-0.1, -0.05) is 43.2 Å². The average molecular weight is 262 g/mol. The first-order valence-corrected chi connectivity index (χ1v) is 6.97. The van der Waals surface area contributed by atoms with E-state index in [2.05, 4.69) is 5.32 Å². The molecule has 0 radical (unpaired) electrons. The molecule has 0 atom stereocenters. The van der Waals surface area contributed by atoms with Crippen LogP contribution in [-0.2, 0) is 6.54 Å². The van der Waals surface area contributed by atoms with Gasteiger partial charge < -0.3 is 15.3 Å². The van der Waals surface area contributed by atoms with E-state index in [1.807, 2.05) is 30.3 Å². The lowest BCUT2D eigenvalue weighted by molar-refractivity contribution is 0.174. The molecule has 1 saturated carbocycles. The van der Waals surface area contributed by atoms with Crippen molar-refractivity contribution < 1.29 is 9.90 Å². The van der Waals surface area contributed by atoms with Crippen LogP contribution < -0.4 is 5.32 Å². The molecular weight excluding hydrogens is 240 g/mol. The molecule has 2 N–H and O–H groups in total. The molecule has 19 heavy (non-hydrogen) atoms. The number of nitrogens with zero attached hydrogens (tertiary/aromatic N) is 1. The number of rotatable bonds is 7. The molecule has 1 aliphatic rings. The Balaban J connectivity index is 1.81. The third kappa shape index (κ3) is 4.91. The highest BCUT2D eigenvalue weighted by Gasteiger charge is 2.21. The predicted octanol–water partition coefficient (Wildman–Crippen LogP) is 1.99. The van der Waals surface area contributed by atoms with Gasteiger partial charge in [-0.3, -0.25) is 0 Å². The van der Waals surface area contributed by atoms with Crippen molar-refractivity contribution in [3.8, 4) is 0 Å². The van der Waals surface area contributed by atoms with Crippen LogP contribution in [0.2, 0.25) is 0 Å². The lowest BCUT2D eigenvalue weighted by atomic mass is 10.2. The molecule has 2 amide bonds. The van der Waals surface area contributed by atoms with Crippen LogP contribution >= 0.6 is 0 Å². The first-order chi connectivity index (χ1) is 9.29. The number of carbonyl (C=O) groups is 1. The lowest BCUT2D eigenvalue weighted by Crippen LogP contribution is -2.41. The van der Waals surface area contributed by atoms with Gasteiger partial charge in [-0.15, -0.1) is 0 Å². The van der Waals surface area contributed by atoms with E-state index in [0.29, 0.717) is 13.1 Å². The topological polar surface area (TPSA) is 52.6 Å². The molecule has 4 nitrogen and oxygen atoms in total. The van der Waals surface area contributed by atoms with Crippen molar-refractivity contribution in [2.24, 2.45) is 5.92 Å². The molecule has 4 heteroatoms. The molecule has 104 valence electrons. The quantitative estimate of drug-likeness (QED) is 0.789. The molecule has 0 aromatic heterocycles. The Labute approximate surface area is 114 Å². The summed E-state index contributed by atoms with van der Waals surface area (Å²) in [5.41, 5.74) is 1.08. The van der Waals surface area contributed by atoms with Crippen molar-refractivity contribution >= 4 is 6.03 Å². The molecule has 1 aromatic carbocycles. The van der Waals surface area contributed by atoms with Crippen molar-refractivity contribution in [1.82, 2.24) is 10.2 Å². The van der Waals surface area contributed by atoms with Crippen molar-refractivity contribution in [1.29, 1.82) is 0 Å². The highest BCUT2D eigenvalue weighted by atomic mass is 16.3. The fraction of sp³-hybridized carbons (Fsp3) is 0.533. The third-order valence-corrected chi connectivity index (χ3v) is 3.40. The summed E-state index contributed by atoms with van der Waals surface area (Å²) in [5.74, 6) is 0.820. The second-order valence-electron chi connectivity index (χ2n) is 5.09. The summed E-state index contributed by atoms with van der Waals surface area (Å²) in [6.45, 7) is 1.63. The summed E-state index contributed by atoms with van der Waals surface area (Å²) in [6.07, 6.45) is 3.69. The number of hydrogen-bond acceptors (Lipinski definition) is 2. The highest BCUT2D eigenvalue weighted by molar-refractivity contribution is 5.74. The van der Waals surface area contributed by atoms with Crippen LogP contribution in [0.5, 0.6) is 0 Å². The molecule has 0 saturated heterocycles. The van der Waals surface area contributed by atoms with Crippen LogP contribution in [-0.4, -0.2) is 35.7 Å². The van der Waals surface area contributed by atoms with Crippen molar-refractivity contribution in [2.45, 2.75) is 25.8 Å². The third-order valence-electron chi connectivity index (χ3n) is 3.40. The van der Waals surface area contributed by atoms with E-state index in [0.717, 1.165) is 24.4 Å². The van der Waals surface area contributed by atoms with Gasteiger partial charge in [0.1, 0.15) is 0 Å². The Kier molecular flexibility index (Phi) is 5.21. The second kappa shape index (κ2) is 7.14. The zero-order valence-corrected chi connectivity index (χ0v) is 11.2. The number of aliphatic hydroxyl groups is 1. The van der Waals surface area contributed by atoms with Gasteiger partial charge in [0.2, 0.25) is 0 Å². The smallest absolute Gasteiger partial charge is 0.317 e. The Hall–Kier alpha value is -1.55. The fourth-order valence-electron chi connectivity index (χ4n) is 2.08. The zero-order valence-electron chi connectivity index (χ0n) is 11.2. The van der Waals surface area contributed by atoms with Crippen LogP contribution in [0.15, 0.2) is 30.3 Å². The number of aliphatic hydroxyl groups excluding tert-OH is 1. The first kappa shape index (κ1) is 13.9. The van der Waals surface area contributed by atoms with E-state index >= 15 is 0 Å². The van der Waals surface area contributed by atoms with Gasteiger partial charge in [-0.2, -0.15) is 0 Å². The van der Waals surface area contributed by atoms with Gasteiger partial charge in [-0.05, 0) is 17.9 Å². The summed E-state index contributed by atoms with van der Waals surface area (Å²) in [4.78, 5) is 13.7. The van der Waals surface area contributed by atoms with Gasteiger partial charge in [0, 0.05) is 19.6 Å². The van der Waals surface area contributed by atoms with Gasteiger partial charge in [0.15, 0.2) is 0 Å². The minimum absolute atomic E-state index is 0.0110. The van der Waals surface area contributed by atoms with Crippen LogP contribution in [0.25, 0.3) is 0 Å². The minimum atomic E-state index is -0.0847. The summed E-state index contributed by atoms with van der Waals surface area (Å²) < 4.78 is 0. The molecule has 0 aliphatic heterocycles. The molecule has 0 bridgehead atoms. The molecular formula is C15H22N2O2. The SMILES string of the molecule is O=C(NCCC1CC1)N(CCO)Cc1ccccc1. The first-order valence-electron chi connectivity index (χ1n) is 6.97. The van der Waals surface area contributed by atoms with Gasteiger partial charge in [-0.25, -0.2) is 4.79 Å². The Morgan fingerprint density at radius 2 is 2.05 bits per heavy atom. The average Bonchev–Trinajstić information content (AvgIpc) is 3.23. The zero-order chi connectivity index (χ0) is 13.5. The maximum absolute atomic E-state index is 12.0. The monoisotopic (exact) mass is 262 g/mol. The fourth-order valence-corrected chi connectivity index (χ4v) is 2.08. The highest BCUT2D eigenvalue weighted by Crippen LogP contribution is 2.31. The molecule has 1 aliphatic carbocycles. The standard InChI is InChI=1S/C15H22N2O2/c18-11-10-17(12-14-4-2-1-3-5-14)15(19)16-9-8-13-6-7-13/h1-5,13,18H,6-12H2,(H,16,19). The summed E-state index contributed by atoms with van der Waals surface area (Å²) in [7, 11) is 0. The lowest BCUT2D eigenvalue weighted by Gasteiger charge is -2.22. The Morgan fingerprint density at radius 1 is 1.32 bits per heavy atom. The van der Waals surface area contributed by atoms with E-state index in [-0.39, 0.29) is 12.6 Å². The van der Waals surface area contributed by atoms with Crippen LogP contribution in [0.3, 0.4) is 0 Å². The molecule has 1 fully saturated rings. The van der Waals surface area contributed by atoms with E-state index in [4.69, 9.17) is 5.11 Å². The maximum Gasteiger partial charge on any atom is 0.317 e. The van der Waals surface area contributed by atoms with Crippen LogP contribution in [0, 0.1) is 5.92 Å². The van der Waals surface area contributed by atoms with E-state index < -0.39 is 0 Å². The number of amides is 2. The molecule has 1 aromatic rings. The van der Waals surface area contributed by atoms with E-state index in [1.54, 1.807) is 4.90 Å². The summed E-state index contributed by atoms with van der Waals surface area (Å²) in [6, 6.07) is 9.76. The van der Waals surface area contributed by atoms with Crippen molar-refractivity contribution in [3.63, 3.8) is 0 Å². The Morgan fingerprint density at radius 3 is 2.68 bits per heavy atom. The number of carbonyl (C=O) groups excluding carboxylic acids is 1. The second-order valence-corrected chi connectivity index (χ2v) is 5.09. The summed E-state index contributed by atoms with van der Waals surface area (Å²) >= 11 is 0. The van der Waals surface area contributed by atoms with E-state index in [1.165, 1.54) is 12.8 Å². The molecule has 2 rings (SSSR count). The van der Waals surface area contributed by atoms with Gasteiger partial charge in [0.25, 0.3) is 0 Å². The van der Waals surface area contributed by atoms with Crippen molar-refractivity contribution in [2.75, 3.05) is 19.7 Å². The minimum Gasteiger partial charge on any atom is -0.395 e. The Bertz CT molecular complexity index is 390. The maximum atomic E-state index is 12.0. The van der Waals surface area contributed by atoms with Crippen LogP contribution in [0.4, 0.5) is 4.79 Å². The van der Waals surface area contributed by atoms with Crippen LogP contribution in [0.1, 0.15) is 24.8 Å². The number of benzene rings is 1. The van der Waals surface area contributed by atoms with Gasteiger partial charge in [0.05, 0.1) is 6.61 Å². The number of hydrogen-bond donors (Lipinski definition) is 2. The molecule has 0 spiro atoms. The van der Waals surface area contributed by atoms with Crippen molar-refractivity contribution in [3.05, 3.63) is 35.9 Å². The van der Waals surface area contributed by atoms with Gasteiger partial charge >= 0.3 is 6.03 Å². The van der Waals surface area contributed by atoms with E-state index in [9.17, 15) is 4.79 Å². The normalized spacial score (nSPS) is 14.2. The largest absolute Gasteiger partial charge is 0.395 e. The number of urea groups is 1. The predicted molar refractivity (Wildman–Crippen MR) is 74.7 cm³/mol.